The Balaban J connectivity index is 1.61. The first-order valence-corrected chi connectivity index (χ1v) is 10.2. The van der Waals surface area contributed by atoms with Crippen molar-refractivity contribution in [2.45, 2.75) is 30.7 Å². The number of piperidine rings is 3. The minimum atomic E-state index is -3.54. The number of benzene rings is 1. The van der Waals surface area contributed by atoms with Crippen molar-refractivity contribution in [1.82, 2.24) is 4.72 Å². The number of amides is 1. The van der Waals surface area contributed by atoms with Gasteiger partial charge in [-0.1, -0.05) is 6.08 Å². The lowest BCUT2D eigenvalue weighted by atomic mass is 9.76. The summed E-state index contributed by atoms with van der Waals surface area (Å²) in [6.07, 6.45) is 4.32. The van der Waals surface area contributed by atoms with Crippen molar-refractivity contribution in [3.8, 4) is 0 Å². The summed E-state index contributed by atoms with van der Waals surface area (Å²) in [4.78, 5) is 12.7. The van der Waals surface area contributed by atoms with Gasteiger partial charge in [0.05, 0.1) is 24.5 Å². The fourth-order valence-corrected chi connectivity index (χ4v) is 5.15. The van der Waals surface area contributed by atoms with Crippen LogP contribution in [0.25, 0.3) is 0 Å². The van der Waals surface area contributed by atoms with E-state index in [2.05, 4.69) is 22.7 Å². The Bertz CT molecular complexity index is 745. The highest BCUT2D eigenvalue weighted by molar-refractivity contribution is 7.89. The van der Waals surface area contributed by atoms with E-state index in [1.54, 1.807) is 12.1 Å². The Hall–Kier alpha value is -1.70. The van der Waals surface area contributed by atoms with Gasteiger partial charge in [-0.15, -0.1) is 6.58 Å². The third-order valence-corrected chi connectivity index (χ3v) is 6.85. The van der Waals surface area contributed by atoms with Crippen molar-refractivity contribution in [1.29, 1.82) is 0 Å². The Kier molecular flexibility index (Phi) is 5.27. The summed E-state index contributed by atoms with van der Waals surface area (Å²) in [7, 11) is -3.54. The third kappa shape index (κ3) is 4.11. The van der Waals surface area contributed by atoms with E-state index in [1.165, 1.54) is 30.4 Å². The van der Waals surface area contributed by atoms with E-state index in [1.807, 2.05) is 0 Å². The summed E-state index contributed by atoms with van der Waals surface area (Å²) in [5.41, 5.74) is 0.585. The molecule has 3 aliphatic heterocycles. The molecule has 7 heteroatoms. The molecular weight excluding hydrogens is 338 g/mol. The van der Waals surface area contributed by atoms with Gasteiger partial charge in [0.25, 0.3) is 0 Å². The van der Waals surface area contributed by atoms with Crippen LogP contribution in [0.2, 0.25) is 0 Å². The van der Waals surface area contributed by atoms with E-state index in [4.69, 9.17) is 0 Å². The molecule has 2 bridgehead atoms. The smallest absolute Gasteiger partial charge is 0.240 e. The van der Waals surface area contributed by atoms with Crippen molar-refractivity contribution in [2.24, 2.45) is 11.8 Å². The van der Waals surface area contributed by atoms with Gasteiger partial charge in [-0.3, -0.25) is 4.79 Å². The van der Waals surface area contributed by atoms with Crippen LogP contribution in [-0.4, -0.2) is 40.0 Å². The van der Waals surface area contributed by atoms with Crippen molar-refractivity contribution in [3.63, 3.8) is 0 Å². The van der Waals surface area contributed by atoms with Gasteiger partial charge in [0, 0.05) is 31.4 Å². The predicted molar refractivity (Wildman–Crippen MR) is 96.8 cm³/mol. The molecule has 136 valence electrons. The number of rotatable bonds is 6. The fourth-order valence-electron chi connectivity index (χ4n) is 4.07. The normalized spacial score (nSPS) is 28.5. The minimum absolute atomic E-state index is 0.184. The number of hydrogen-bond acceptors (Lipinski definition) is 3. The molecule has 1 amide bonds. The molecule has 25 heavy (non-hydrogen) atoms. The molecule has 0 radical (unpaired) electrons. The molecule has 3 N–H and O–H groups in total. The molecule has 0 saturated carbocycles. The number of carbonyl (C=O) groups is 1. The number of quaternary nitrogens is 1. The van der Waals surface area contributed by atoms with Gasteiger partial charge in [-0.05, 0) is 30.2 Å². The molecule has 0 spiro atoms. The van der Waals surface area contributed by atoms with Crippen LogP contribution in [0, 0.1) is 11.8 Å². The van der Waals surface area contributed by atoms with E-state index in [9.17, 15) is 13.2 Å². The topological polar surface area (TPSA) is 79.7 Å². The van der Waals surface area contributed by atoms with Crippen LogP contribution in [0.3, 0.4) is 0 Å². The first kappa shape index (κ1) is 18.1. The zero-order chi connectivity index (χ0) is 18.0. The molecule has 0 aromatic heterocycles. The highest BCUT2D eigenvalue weighted by Crippen LogP contribution is 2.27. The van der Waals surface area contributed by atoms with E-state index >= 15 is 0 Å². The van der Waals surface area contributed by atoms with Gasteiger partial charge in [0.1, 0.15) is 6.04 Å². The first-order chi connectivity index (χ1) is 11.9. The number of sulfonamides is 1. The lowest BCUT2D eigenvalue weighted by Gasteiger charge is -2.46. The lowest BCUT2D eigenvalue weighted by Crippen LogP contribution is -3.20. The first-order valence-electron chi connectivity index (χ1n) is 8.73. The molecule has 1 unspecified atom stereocenters. The van der Waals surface area contributed by atoms with Gasteiger partial charge < -0.3 is 10.2 Å². The van der Waals surface area contributed by atoms with Crippen molar-refractivity contribution < 1.29 is 18.1 Å². The third-order valence-electron chi connectivity index (χ3n) is 5.41. The number of fused-ring (bicyclic) bond motifs is 3. The highest BCUT2D eigenvalue weighted by atomic mass is 32.2. The molecule has 3 heterocycles. The van der Waals surface area contributed by atoms with Crippen LogP contribution in [-0.2, 0) is 14.8 Å². The number of anilines is 1. The summed E-state index contributed by atoms with van der Waals surface area (Å²) in [6.45, 7) is 7.99. The van der Waals surface area contributed by atoms with Crippen molar-refractivity contribution in [2.75, 3.05) is 25.0 Å². The van der Waals surface area contributed by atoms with Crippen LogP contribution in [0.4, 0.5) is 5.69 Å². The number of nitrogens with one attached hydrogen (secondary N) is 3. The molecule has 1 aromatic carbocycles. The molecule has 4 rings (SSSR count). The van der Waals surface area contributed by atoms with Crippen LogP contribution < -0.4 is 14.9 Å². The van der Waals surface area contributed by atoms with Crippen molar-refractivity contribution >= 4 is 21.6 Å². The fraction of sp³-hybridized carbons (Fsp3) is 0.500. The zero-order valence-electron chi connectivity index (χ0n) is 14.5. The standard InChI is InChI=1S/C18H25N3O3S/c1-3-14-12-21-9-8-15(14)10-17(21)11-19-25(23,24)18-6-4-16(5-7-18)20-13(2)22/h3-7,14-15,17,19H,1,8-12H2,2H3,(H,20,22)/p+1/t14-,15-,17+/m0/s1. The van der Waals surface area contributed by atoms with Gasteiger partial charge in [0.15, 0.2) is 0 Å². The second kappa shape index (κ2) is 7.27. The lowest BCUT2D eigenvalue weighted by molar-refractivity contribution is -0.944. The quantitative estimate of drug-likeness (QED) is 0.640. The SMILES string of the molecule is C=C[C@H]1C[NH+]2CC[C@H]1C[C@@H]2CNS(=O)(=O)c1ccc(NC(C)=O)cc1. The second-order valence-corrected chi connectivity index (χ2v) is 8.82. The number of carbonyl (C=O) groups excluding carboxylic acids is 1. The minimum Gasteiger partial charge on any atom is -0.331 e. The van der Waals surface area contributed by atoms with Crippen LogP contribution in [0.5, 0.6) is 0 Å². The summed E-state index contributed by atoms with van der Waals surface area (Å²) in [5.74, 6) is 1.02. The van der Waals surface area contributed by atoms with E-state index in [-0.39, 0.29) is 10.8 Å². The average Bonchev–Trinajstić information content (AvgIpc) is 2.60. The Labute approximate surface area is 149 Å². The molecule has 0 aliphatic carbocycles. The molecule has 1 aromatic rings. The van der Waals surface area contributed by atoms with Gasteiger partial charge >= 0.3 is 0 Å². The molecule has 6 nitrogen and oxygen atoms in total. The maximum absolute atomic E-state index is 12.5. The second-order valence-electron chi connectivity index (χ2n) is 7.05. The molecule has 3 aliphatic rings. The molecule has 4 atom stereocenters. The van der Waals surface area contributed by atoms with E-state index in [0.717, 1.165) is 19.5 Å². The van der Waals surface area contributed by atoms with Gasteiger partial charge in [-0.2, -0.15) is 0 Å². The monoisotopic (exact) mass is 364 g/mol. The van der Waals surface area contributed by atoms with Crippen LogP contribution in [0.1, 0.15) is 19.8 Å². The molecule has 3 fully saturated rings. The molecular formula is C18H26N3O3S+. The van der Waals surface area contributed by atoms with E-state index < -0.39 is 10.0 Å². The van der Waals surface area contributed by atoms with Crippen LogP contribution in [0.15, 0.2) is 41.8 Å². The summed E-state index contributed by atoms with van der Waals surface area (Å²) in [6, 6.07) is 6.57. The van der Waals surface area contributed by atoms with E-state index in [0.29, 0.717) is 30.1 Å². The predicted octanol–water partition coefficient (Wildman–Crippen LogP) is 0.403. The maximum atomic E-state index is 12.5. The Morgan fingerprint density at radius 3 is 2.64 bits per heavy atom. The van der Waals surface area contributed by atoms with Crippen molar-refractivity contribution in [3.05, 3.63) is 36.9 Å². The maximum Gasteiger partial charge on any atom is 0.240 e. The van der Waals surface area contributed by atoms with Crippen LogP contribution >= 0.6 is 0 Å². The largest absolute Gasteiger partial charge is 0.331 e. The Morgan fingerprint density at radius 2 is 2.08 bits per heavy atom. The summed E-state index contributed by atoms with van der Waals surface area (Å²) in [5, 5.41) is 2.63. The summed E-state index contributed by atoms with van der Waals surface area (Å²) >= 11 is 0. The number of hydrogen-bond donors (Lipinski definition) is 3. The molecule has 3 saturated heterocycles. The Morgan fingerprint density at radius 1 is 1.36 bits per heavy atom. The van der Waals surface area contributed by atoms with Gasteiger partial charge in [0.2, 0.25) is 15.9 Å². The zero-order valence-corrected chi connectivity index (χ0v) is 15.3. The highest BCUT2D eigenvalue weighted by Gasteiger charge is 2.42. The van der Waals surface area contributed by atoms with Gasteiger partial charge in [-0.25, -0.2) is 13.1 Å². The summed E-state index contributed by atoms with van der Waals surface area (Å²) < 4.78 is 27.8. The average molecular weight is 364 g/mol.